The highest BCUT2D eigenvalue weighted by Gasteiger charge is 2.30. The Labute approximate surface area is 163 Å². The SMILES string of the molecule is C=CC(=O)N1CC(NC(=O)Cn2cc(C)c3cc(C)ccc32)C1.CC.CC. The molecule has 2 heterocycles. The van der Waals surface area contributed by atoms with Gasteiger partial charge in [0.25, 0.3) is 0 Å². The Balaban J connectivity index is 0.000000855. The van der Waals surface area contributed by atoms with Crippen LogP contribution in [0.2, 0.25) is 0 Å². The first-order chi connectivity index (χ1) is 13.0. The first kappa shape index (κ1) is 22.5. The Bertz CT molecular complexity index is 786. The van der Waals surface area contributed by atoms with Crippen LogP contribution in [0.25, 0.3) is 10.9 Å². The summed E-state index contributed by atoms with van der Waals surface area (Å²) >= 11 is 0. The molecular formula is C22H33N3O2. The second-order valence-electron chi connectivity index (χ2n) is 6.17. The molecule has 27 heavy (non-hydrogen) atoms. The van der Waals surface area contributed by atoms with E-state index >= 15 is 0 Å². The molecule has 1 saturated heterocycles. The maximum atomic E-state index is 12.2. The summed E-state index contributed by atoms with van der Waals surface area (Å²) in [6.45, 7) is 17.0. The molecule has 0 unspecified atom stereocenters. The second kappa shape index (κ2) is 10.6. The molecule has 148 valence electrons. The van der Waals surface area contributed by atoms with Gasteiger partial charge in [-0.15, -0.1) is 0 Å². The average Bonchev–Trinajstić information content (AvgIpc) is 2.95. The summed E-state index contributed by atoms with van der Waals surface area (Å²) in [5.41, 5.74) is 3.45. The van der Waals surface area contributed by atoms with Crippen molar-refractivity contribution in [2.75, 3.05) is 13.1 Å². The van der Waals surface area contributed by atoms with Crippen molar-refractivity contribution in [3.63, 3.8) is 0 Å². The summed E-state index contributed by atoms with van der Waals surface area (Å²) in [6.07, 6.45) is 3.31. The Morgan fingerprint density at radius 1 is 1.19 bits per heavy atom. The third kappa shape index (κ3) is 5.46. The Hall–Kier alpha value is -2.56. The summed E-state index contributed by atoms with van der Waals surface area (Å²) in [7, 11) is 0. The van der Waals surface area contributed by atoms with Gasteiger partial charge in [0.05, 0.1) is 6.04 Å². The molecule has 2 aromatic rings. The Kier molecular flexibility index (Phi) is 8.79. The first-order valence-corrected chi connectivity index (χ1v) is 9.74. The predicted octanol–water partition coefficient (Wildman–Crippen LogP) is 3.82. The van der Waals surface area contributed by atoms with E-state index in [9.17, 15) is 9.59 Å². The van der Waals surface area contributed by atoms with E-state index in [0.717, 1.165) is 5.52 Å². The van der Waals surface area contributed by atoms with Crippen LogP contribution >= 0.6 is 0 Å². The van der Waals surface area contributed by atoms with Gasteiger partial charge in [0, 0.05) is 30.2 Å². The van der Waals surface area contributed by atoms with E-state index in [1.807, 2.05) is 38.5 Å². The van der Waals surface area contributed by atoms with Gasteiger partial charge < -0.3 is 14.8 Å². The lowest BCUT2D eigenvalue weighted by atomic mass is 10.1. The summed E-state index contributed by atoms with van der Waals surface area (Å²) in [4.78, 5) is 25.3. The summed E-state index contributed by atoms with van der Waals surface area (Å²) in [5.74, 6) is -0.115. The number of nitrogens with zero attached hydrogens (tertiary/aromatic N) is 2. The van der Waals surface area contributed by atoms with Crippen LogP contribution in [-0.2, 0) is 16.1 Å². The standard InChI is InChI=1S/C18H21N3O2.2C2H6/c1-4-18(23)21-9-14(10-21)19-17(22)11-20-8-13(3)15-7-12(2)5-6-16(15)20;2*1-2/h4-8,14H,1,9-11H2,2-3H3,(H,19,22);2*1-2H3. The molecule has 0 radical (unpaired) electrons. The lowest BCUT2D eigenvalue weighted by molar-refractivity contribution is -0.133. The van der Waals surface area contributed by atoms with Gasteiger partial charge in [-0.1, -0.05) is 45.9 Å². The molecule has 0 spiro atoms. The van der Waals surface area contributed by atoms with Crippen molar-refractivity contribution in [3.8, 4) is 0 Å². The van der Waals surface area contributed by atoms with E-state index in [1.54, 1.807) is 4.90 Å². The minimum Gasteiger partial charge on any atom is -0.348 e. The van der Waals surface area contributed by atoms with Crippen LogP contribution in [0.15, 0.2) is 37.1 Å². The van der Waals surface area contributed by atoms with Crippen LogP contribution in [0.4, 0.5) is 0 Å². The van der Waals surface area contributed by atoms with Gasteiger partial charge in [-0.3, -0.25) is 9.59 Å². The van der Waals surface area contributed by atoms with Crippen molar-refractivity contribution in [3.05, 3.63) is 48.2 Å². The number of fused-ring (bicyclic) bond motifs is 1. The van der Waals surface area contributed by atoms with Gasteiger partial charge in [-0.2, -0.15) is 0 Å². The number of aryl methyl sites for hydroxylation is 2. The molecule has 1 N–H and O–H groups in total. The molecule has 5 nitrogen and oxygen atoms in total. The van der Waals surface area contributed by atoms with E-state index < -0.39 is 0 Å². The highest BCUT2D eigenvalue weighted by molar-refractivity contribution is 5.88. The fourth-order valence-corrected chi connectivity index (χ4v) is 3.03. The van der Waals surface area contributed by atoms with Gasteiger partial charge in [0.2, 0.25) is 11.8 Å². The number of aromatic nitrogens is 1. The smallest absolute Gasteiger partial charge is 0.246 e. The van der Waals surface area contributed by atoms with Crippen LogP contribution in [0.3, 0.4) is 0 Å². The molecule has 3 rings (SSSR count). The molecule has 1 aliphatic heterocycles. The topological polar surface area (TPSA) is 54.3 Å². The maximum Gasteiger partial charge on any atom is 0.246 e. The highest BCUT2D eigenvalue weighted by atomic mass is 16.2. The monoisotopic (exact) mass is 371 g/mol. The largest absolute Gasteiger partial charge is 0.348 e. The van der Waals surface area contributed by atoms with Gasteiger partial charge in [0.15, 0.2) is 0 Å². The minimum absolute atomic E-state index is 0.0295. The minimum atomic E-state index is -0.0853. The van der Waals surface area contributed by atoms with Crippen molar-refractivity contribution in [2.45, 2.75) is 54.1 Å². The van der Waals surface area contributed by atoms with Crippen LogP contribution in [0.1, 0.15) is 38.8 Å². The van der Waals surface area contributed by atoms with Gasteiger partial charge in [-0.05, 0) is 37.6 Å². The zero-order valence-corrected chi connectivity index (χ0v) is 17.5. The van der Waals surface area contributed by atoms with E-state index in [0.29, 0.717) is 19.6 Å². The quantitative estimate of drug-likeness (QED) is 0.831. The third-order valence-electron chi connectivity index (χ3n) is 4.28. The van der Waals surface area contributed by atoms with Crippen molar-refractivity contribution < 1.29 is 9.59 Å². The van der Waals surface area contributed by atoms with Gasteiger partial charge in [0.1, 0.15) is 6.54 Å². The number of likely N-dealkylation sites (tertiary alicyclic amines) is 1. The van der Waals surface area contributed by atoms with Gasteiger partial charge >= 0.3 is 0 Å². The molecule has 0 aliphatic carbocycles. The number of amides is 2. The summed E-state index contributed by atoms with van der Waals surface area (Å²) in [5, 5.41) is 4.16. The van der Waals surface area contributed by atoms with Gasteiger partial charge in [-0.25, -0.2) is 0 Å². The van der Waals surface area contributed by atoms with E-state index in [2.05, 4.69) is 43.9 Å². The number of benzene rings is 1. The van der Waals surface area contributed by atoms with Crippen LogP contribution in [0, 0.1) is 13.8 Å². The fourth-order valence-electron chi connectivity index (χ4n) is 3.03. The van der Waals surface area contributed by atoms with Crippen molar-refractivity contribution in [2.24, 2.45) is 0 Å². The highest BCUT2D eigenvalue weighted by Crippen LogP contribution is 2.22. The average molecular weight is 372 g/mol. The first-order valence-electron chi connectivity index (χ1n) is 9.74. The number of hydrogen-bond acceptors (Lipinski definition) is 2. The Morgan fingerprint density at radius 3 is 2.41 bits per heavy atom. The molecule has 0 saturated carbocycles. The predicted molar refractivity (Wildman–Crippen MR) is 113 cm³/mol. The lowest BCUT2D eigenvalue weighted by Gasteiger charge is -2.38. The van der Waals surface area contributed by atoms with Crippen LogP contribution in [0.5, 0.6) is 0 Å². The molecule has 0 bridgehead atoms. The zero-order chi connectivity index (χ0) is 20.6. The second-order valence-corrected chi connectivity index (χ2v) is 6.17. The number of carbonyl (C=O) groups excluding carboxylic acids is 2. The molecular weight excluding hydrogens is 338 g/mol. The number of hydrogen-bond donors (Lipinski definition) is 1. The zero-order valence-electron chi connectivity index (χ0n) is 17.5. The maximum absolute atomic E-state index is 12.2. The summed E-state index contributed by atoms with van der Waals surface area (Å²) < 4.78 is 1.98. The molecule has 1 aromatic heterocycles. The van der Waals surface area contributed by atoms with Crippen LogP contribution < -0.4 is 5.32 Å². The van der Waals surface area contributed by atoms with Crippen molar-refractivity contribution >= 4 is 22.7 Å². The molecule has 5 heteroatoms. The number of nitrogens with one attached hydrogen (secondary N) is 1. The molecule has 1 aliphatic rings. The molecule has 1 aromatic carbocycles. The summed E-state index contributed by atoms with van der Waals surface area (Å²) in [6, 6.07) is 6.29. The van der Waals surface area contributed by atoms with Crippen LogP contribution in [-0.4, -0.2) is 40.4 Å². The molecule has 0 atom stereocenters. The molecule has 1 fully saturated rings. The fraction of sp³-hybridized carbons (Fsp3) is 0.455. The van der Waals surface area contributed by atoms with E-state index in [1.165, 1.54) is 22.6 Å². The van der Waals surface area contributed by atoms with Crippen molar-refractivity contribution in [1.82, 2.24) is 14.8 Å². The lowest BCUT2D eigenvalue weighted by Crippen LogP contribution is -2.61. The molecule has 2 amide bonds. The van der Waals surface area contributed by atoms with E-state index in [-0.39, 0.29) is 17.9 Å². The number of rotatable bonds is 4. The van der Waals surface area contributed by atoms with E-state index in [4.69, 9.17) is 0 Å². The third-order valence-corrected chi connectivity index (χ3v) is 4.28. The van der Waals surface area contributed by atoms with Crippen molar-refractivity contribution in [1.29, 1.82) is 0 Å². The normalized spacial score (nSPS) is 12.9. The Morgan fingerprint density at radius 2 is 1.81 bits per heavy atom. The number of carbonyl (C=O) groups is 2.